The Morgan fingerprint density at radius 1 is 1.20 bits per heavy atom. The van der Waals surface area contributed by atoms with Gasteiger partial charge in [0.1, 0.15) is 12.7 Å². The van der Waals surface area contributed by atoms with Gasteiger partial charge in [-0.3, -0.25) is 14.4 Å². The SMILES string of the molecule is CC(=O)OC[C@@H](OC(C)=O)[C@@H]1C[C@H](OC(C)=O)C(=O)O1. The summed E-state index contributed by atoms with van der Waals surface area (Å²) in [4.78, 5) is 44.1. The normalized spacial score (nSPS) is 22.6. The number of hydrogen-bond donors (Lipinski definition) is 0. The summed E-state index contributed by atoms with van der Waals surface area (Å²) in [7, 11) is 0. The van der Waals surface area contributed by atoms with Gasteiger partial charge < -0.3 is 18.9 Å². The molecule has 0 aromatic heterocycles. The lowest BCUT2D eigenvalue weighted by Crippen LogP contribution is -2.35. The number of carbonyl (C=O) groups excluding carboxylic acids is 4. The Kier molecular flexibility index (Phi) is 5.48. The molecule has 0 N–H and O–H groups in total. The van der Waals surface area contributed by atoms with Gasteiger partial charge >= 0.3 is 23.9 Å². The molecule has 1 aliphatic rings. The molecule has 0 spiro atoms. The van der Waals surface area contributed by atoms with Crippen LogP contribution in [0, 0.1) is 0 Å². The number of cyclic esters (lactones) is 1. The quantitative estimate of drug-likeness (QED) is 0.502. The van der Waals surface area contributed by atoms with Crippen LogP contribution in [0.2, 0.25) is 0 Å². The Morgan fingerprint density at radius 2 is 1.85 bits per heavy atom. The molecule has 1 fully saturated rings. The Bertz CT molecular complexity index is 416. The van der Waals surface area contributed by atoms with Crippen LogP contribution in [0.5, 0.6) is 0 Å². The van der Waals surface area contributed by atoms with E-state index in [1.54, 1.807) is 0 Å². The van der Waals surface area contributed by atoms with Crippen molar-refractivity contribution in [2.75, 3.05) is 6.61 Å². The third kappa shape index (κ3) is 4.87. The highest BCUT2D eigenvalue weighted by Crippen LogP contribution is 2.23. The predicted molar refractivity (Wildman–Crippen MR) is 62.2 cm³/mol. The van der Waals surface area contributed by atoms with Crippen molar-refractivity contribution in [2.45, 2.75) is 45.5 Å². The maximum atomic E-state index is 11.5. The van der Waals surface area contributed by atoms with Crippen molar-refractivity contribution >= 4 is 23.9 Å². The van der Waals surface area contributed by atoms with E-state index in [0.717, 1.165) is 0 Å². The first-order valence-electron chi connectivity index (χ1n) is 5.98. The van der Waals surface area contributed by atoms with Crippen LogP contribution < -0.4 is 0 Å². The third-order valence-corrected chi connectivity index (χ3v) is 2.47. The maximum absolute atomic E-state index is 11.5. The van der Waals surface area contributed by atoms with Gasteiger partial charge in [-0.15, -0.1) is 0 Å². The van der Waals surface area contributed by atoms with E-state index in [4.69, 9.17) is 18.9 Å². The lowest BCUT2D eigenvalue weighted by molar-refractivity contribution is -0.169. The molecule has 1 saturated heterocycles. The van der Waals surface area contributed by atoms with Crippen LogP contribution in [-0.4, -0.2) is 48.8 Å². The highest BCUT2D eigenvalue weighted by Gasteiger charge is 2.42. The molecule has 112 valence electrons. The van der Waals surface area contributed by atoms with Crippen LogP contribution in [0.15, 0.2) is 0 Å². The first-order chi connectivity index (χ1) is 9.29. The molecule has 1 rings (SSSR count). The topological polar surface area (TPSA) is 105 Å². The summed E-state index contributed by atoms with van der Waals surface area (Å²) < 4.78 is 19.5. The second-order valence-electron chi connectivity index (χ2n) is 4.26. The minimum Gasteiger partial charge on any atom is -0.462 e. The minimum absolute atomic E-state index is 0.0393. The van der Waals surface area contributed by atoms with Crippen molar-refractivity contribution in [3.8, 4) is 0 Å². The number of rotatable bonds is 5. The number of esters is 4. The fourth-order valence-electron chi connectivity index (χ4n) is 1.73. The number of carbonyl (C=O) groups is 4. The van der Waals surface area contributed by atoms with Crippen LogP contribution in [-0.2, 0) is 38.1 Å². The molecule has 8 nitrogen and oxygen atoms in total. The van der Waals surface area contributed by atoms with Crippen LogP contribution in [0.1, 0.15) is 27.2 Å². The van der Waals surface area contributed by atoms with Crippen LogP contribution in [0.4, 0.5) is 0 Å². The molecule has 0 aliphatic carbocycles. The van der Waals surface area contributed by atoms with Gasteiger partial charge in [0, 0.05) is 27.2 Å². The Labute approximate surface area is 115 Å². The highest BCUT2D eigenvalue weighted by atomic mass is 16.6. The van der Waals surface area contributed by atoms with Crippen molar-refractivity contribution < 1.29 is 38.1 Å². The first-order valence-corrected chi connectivity index (χ1v) is 5.98. The second-order valence-corrected chi connectivity index (χ2v) is 4.26. The standard InChI is InChI=1S/C12H16O8/c1-6(13)17-5-11(19-8(3)15)9-4-10(12(16)20-9)18-7(2)14/h9-11H,4-5H2,1-3H3/t9-,10-,11+/m0/s1. The molecular weight excluding hydrogens is 272 g/mol. The summed E-state index contributed by atoms with van der Waals surface area (Å²) >= 11 is 0. The summed E-state index contributed by atoms with van der Waals surface area (Å²) in [6.07, 6.45) is -2.75. The van der Waals surface area contributed by atoms with Gasteiger partial charge in [-0.25, -0.2) is 4.79 Å². The van der Waals surface area contributed by atoms with E-state index < -0.39 is 42.2 Å². The molecule has 0 radical (unpaired) electrons. The van der Waals surface area contributed by atoms with Crippen molar-refractivity contribution in [3.63, 3.8) is 0 Å². The number of ether oxygens (including phenoxy) is 4. The Balaban J connectivity index is 2.66. The lowest BCUT2D eigenvalue weighted by atomic mass is 10.1. The molecule has 0 aromatic rings. The van der Waals surface area contributed by atoms with E-state index in [9.17, 15) is 19.2 Å². The molecule has 0 aromatic carbocycles. The summed E-state index contributed by atoms with van der Waals surface area (Å²) in [5.41, 5.74) is 0. The van der Waals surface area contributed by atoms with Crippen molar-refractivity contribution in [1.29, 1.82) is 0 Å². The van der Waals surface area contributed by atoms with E-state index in [0.29, 0.717) is 0 Å². The largest absolute Gasteiger partial charge is 0.462 e. The molecule has 1 heterocycles. The van der Waals surface area contributed by atoms with Gasteiger partial charge in [-0.1, -0.05) is 0 Å². The molecule has 0 saturated carbocycles. The van der Waals surface area contributed by atoms with Crippen molar-refractivity contribution in [2.24, 2.45) is 0 Å². The van der Waals surface area contributed by atoms with Gasteiger partial charge in [0.05, 0.1) is 0 Å². The summed E-state index contributed by atoms with van der Waals surface area (Å²) in [5, 5.41) is 0. The Morgan fingerprint density at radius 3 is 2.35 bits per heavy atom. The minimum atomic E-state index is -1.03. The molecule has 8 heteroatoms. The number of hydrogen-bond acceptors (Lipinski definition) is 8. The summed E-state index contributed by atoms with van der Waals surface area (Å²) in [6.45, 7) is 3.32. The second kappa shape index (κ2) is 6.88. The van der Waals surface area contributed by atoms with Crippen LogP contribution in [0.3, 0.4) is 0 Å². The molecular formula is C12H16O8. The van der Waals surface area contributed by atoms with Gasteiger partial charge in [-0.2, -0.15) is 0 Å². The summed E-state index contributed by atoms with van der Waals surface area (Å²) in [5.74, 6) is -2.49. The predicted octanol–water partition coefficient (Wildman–Crippen LogP) is -0.272. The summed E-state index contributed by atoms with van der Waals surface area (Å²) in [6, 6.07) is 0. The fourth-order valence-corrected chi connectivity index (χ4v) is 1.73. The molecule has 1 aliphatic heterocycles. The first kappa shape index (κ1) is 15.9. The third-order valence-electron chi connectivity index (χ3n) is 2.47. The van der Waals surface area contributed by atoms with Gasteiger partial charge in [0.15, 0.2) is 6.10 Å². The van der Waals surface area contributed by atoms with Gasteiger partial charge in [0.25, 0.3) is 0 Å². The van der Waals surface area contributed by atoms with E-state index in [1.165, 1.54) is 20.8 Å². The van der Waals surface area contributed by atoms with E-state index in [1.807, 2.05) is 0 Å². The molecule has 0 bridgehead atoms. The van der Waals surface area contributed by atoms with Crippen molar-refractivity contribution in [3.05, 3.63) is 0 Å². The van der Waals surface area contributed by atoms with E-state index >= 15 is 0 Å². The average Bonchev–Trinajstić information content (AvgIpc) is 2.64. The monoisotopic (exact) mass is 288 g/mol. The molecule has 0 amide bonds. The van der Waals surface area contributed by atoms with Crippen LogP contribution >= 0.6 is 0 Å². The van der Waals surface area contributed by atoms with Gasteiger partial charge in [-0.05, 0) is 0 Å². The molecule has 20 heavy (non-hydrogen) atoms. The zero-order chi connectivity index (χ0) is 15.3. The average molecular weight is 288 g/mol. The van der Waals surface area contributed by atoms with Gasteiger partial charge in [0.2, 0.25) is 6.10 Å². The molecule has 0 unspecified atom stereocenters. The fraction of sp³-hybridized carbons (Fsp3) is 0.667. The lowest BCUT2D eigenvalue weighted by Gasteiger charge is -2.21. The molecule has 3 atom stereocenters. The van der Waals surface area contributed by atoms with E-state index in [-0.39, 0.29) is 13.0 Å². The zero-order valence-electron chi connectivity index (χ0n) is 11.4. The van der Waals surface area contributed by atoms with E-state index in [2.05, 4.69) is 0 Å². The smallest absolute Gasteiger partial charge is 0.348 e. The Hall–Kier alpha value is -2.12. The van der Waals surface area contributed by atoms with Crippen LogP contribution in [0.25, 0.3) is 0 Å². The highest BCUT2D eigenvalue weighted by molar-refractivity contribution is 5.80. The van der Waals surface area contributed by atoms with Crippen molar-refractivity contribution in [1.82, 2.24) is 0 Å². The maximum Gasteiger partial charge on any atom is 0.348 e. The zero-order valence-corrected chi connectivity index (χ0v) is 11.4.